The van der Waals surface area contributed by atoms with Gasteiger partial charge in [-0.15, -0.1) is 0 Å². The molecule has 2 N–H and O–H groups in total. The van der Waals surface area contributed by atoms with Gasteiger partial charge in [0.2, 0.25) is 0 Å². The summed E-state index contributed by atoms with van der Waals surface area (Å²) in [5, 5.41) is 14.9. The Hall–Kier alpha value is -2.21. The number of benzene rings is 1. The molecule has 1 heterocycles. The van der Waals surface area contributed by atoms with E-state index in [2.05, 4.69) is 5.10 Å². The van der Waals surface area contributed by atoms with Crippen molar-refractivity contribution in [1.82, 2.24) is 9.78 Å². The van der Waals surface area contributed by atoms with Crippen LogP contribution < -0.4 is 5.73 Å². The molecule has 0 unspecified atom stereocenters. The van der Waals surface area contributed by atoms with Gasteiger partial charge in [0.25, 0.3) is 5.69 Å². The fourth-order valence-corrected chi connectivity index (χ4v) is 1.61. The lowest BCUT2D eigenvalue weighted by Gasteiger charge is -2.05. The summed E-state index contributed by atoms with van der Waals surface area (Å²) in [6.07, 6.45) is 1.79. The molecule has 1 aromatic heterocycles. The third kappa shape index (κ3) is 2.16. The van der Waals surface area contributed by atoms with E-state index in [9.17, 15) is 10.1 Å². The van der Waals surface area contributed by atoms with Crippen molar-refractivity contribution in [3.63, 3.8) is 0 Å². The summed E-state index contributed by atoms with van der Waals surface area (Å²) >= 11 is 0. The van der Waals surface area contributed by atoms with Gasteiger partial charge in [0.15, 0.2) is 0 Å². The van der Waals surface area contributed by atoms with E-state index < -0.39 is 4.92 Å². The molecular weight excluding hydrogens is 220 g/mol. The molecule has 0 atom stereocenters. The zero-order chi connectivity index (χ0) is 12.4. The maximum absolute atomic E-state index is 10.6. The van der Waals surface area contributed by atoms with Gasteiger partial charge in [-0.2, -0.15) is 5.10 Å². The molecule has 0 fully saturated rings. The quantitative estimate of drug-likeness (QED) is 0.642. The lowest BCUT2D eigenvalue weighted by Crippen LogP contribution is -2.02. The van der Waals surface area contributed by atoms with Crippen molar-refractivity contribution >= 4 is 5.69 Å². The highest BCUT2D eigenvalue weighted by atomic mass is 16.6. The number of nitro groups is 1. The fraction of sp³-hybridized carbons (Fsp3) is 0.182. The summed E-state index contributed by atoms with van der Waals surface area (Å²) in [5.74, 6) is 0. The second kappa shape index (κ2) is 4.34. The molecule has 0 spiro atoms. The Morgan fingerprint density at radius 2 is 2.24 bits per heavy atom. The number of nitrogens with two attached hydrogens (primary N) is 1. The molecule has 0 amide bonds. The molecule has 1 aromatic carbocycles. The highest BCUT2D eigenvalue weighted by Gasteiger charge is 2.09. The van der Waals surface area contributed by atoms with Crippen molar-refractivity contribution in [2.75, 3.05) is 0 Å². The molecule has 0 aliphatic carbocycles. The molecule has 17 heavy (non-hydrogen) atoms. The van der Waals surface area contributed by atoms with Gasteiger partial charge in [-0.1, -0.05) is 0 Å². The number of nitro benzene ring substituents is 1. The van der Waals surface area contributed by atoms with Crippen molar-refractivity contribution in [1.29, 1.82) is 0 Å². The molecule has 0 saturated heterocycles. The zero-order valence-electron chi connectivity index (χ0n) is 9.33. The molecule has 6 heteroatoms. The second-order valence-electron chi connectivity index (χ2n) is 3.68. The van der Waals surface area contributed by atoms with Gasteiger partial charge < -0.3 is 5.73 Å². The Bertz CT molecular complexity index is 562. The predicted molar refractivity (Wildman–Crippen MR) is 62.8 cm³/mol. The van der Waals surface area contributed by atoms with Crippen LogP contribution in [0.4, 0.5) is 5.69 Å². The first-order chi connectivity index (χ1) is 8.11. The van der Waals surface area contributed by atoms with Crippen molar-refractivity contribution in [2.45, 2.75) is 13.5 Å². The zero-order valence-corrected chi connectivity index (χ0v) is 9.33. The first-order valence-electron chi connectivity index (χ1n) is 5.12. The molecule has 0 aliphatic heterocycles. The first kappa shape index (κ1) is 11.3. The van der Waals surface area contributed by atoms with E-state index in [1.165, 1.54) is 12.1 Å². The topological polar surface area (TPSA) is 87.0 Å². The second-order valence-corrected chi connectivity index (χ2v) is 3.68. The predicted octanol–water partition coefficient (Wildman–Crippen LogP) is 1.55. The number of hydrogen-bond acceptors (Lipinski definition) is 4. The van der Waals surface area contributed by atoms with E-state index in [-0.39, 0.29) is 5.69 Å². The molecule has 0 saturated carbocycles. The van der Waals surface area contributed by atoms with Crippen LogP contribution in [0.5, 0.6) is 0 Å². The van der Waals surface area contributed by atoms with Crippen LogP contribution >= 0.6 is 0 Å². The number of hydrogen-bond donors (Lipinski definition) is 1. The Morgan fingerprint density at radius 3 is 2.76 bits per heavy atom. The summed E-state index contributed by atoms with van der Waals surface area (Å²) in [7, 11) is 0. The largest absolute Gasteiger partial charge is 0.325 e. The van der Waals surface area contributed by atoms with Crippen molar-refractivity contribution in [3.8, 4) is 5.69 Å². The highest BCUT2D eigenvalue weighted by molar-refractivity contribution is 5.47. The van der Waals surface area contributed by atoms with Crippen LogP contribution in [0.1, 0.15) is 11.3 Å². The minimum atomic E-state index is -0.412. The van der Waals surface area contributed by atoms with Crippen molar-refractivity contribution in [2.24, 2.45) is 5.73 Å². The van der Waals surface area contributed by atoms with Crippen LogP contribution in [0.2, 0.25) is 0 Å². The Morgan fingerprint density at radius 1 is 1.47 bits per heavy atom. The molecule has 0 bridgehead atoms. The third-order valence-corrected chi connectivity index (χ3v) is 2.49. The van der Waals surface area contributed by atoms with E-state index >= 15 is 0 Å². The van der Waals surface area contributed by atoms with Gasteiger partial charge in [-0.05, 0) is 24.6 Å². The van der Waals surface area contributed by atoms with E-state index in [0.717, 1.165) is 16.9 Å². The van der Waals surface area contributed by atoms with Crippen LogP contribution in [-0.4, -0.2) is 14.7 Å². The van der Waals surface area contributed by atoms with Gasteiger partial charge in [-0.3, -0.25) is 10.1 Å². The summed E-state index contributed by atoms with van der Waals surface area (Å²) in [5.41, 5.74) is 7.95. The molecule has 2 rings (SSSR count). The summed E-state index contributed by atoms with van der Waals surface area (Å²) in [6.45, 7) is 2.19. The number of aromatic nitrogens is 2. The lowest BCUT2D eigenvalue weighted by atomic mass is 10.2. The normalized spacial score (nSPS) is 10.5. The average molecular weight is 232 g/mol. The van der Waals surface area contributed by atoms with Crippen molar-refractivity contribution < 1.29 is 4.92 Å². The SMILES string of the molecule is Cc1cc([N+](=O)[O-])ccc1-n1ccc(CN)n1. The van der Waals surface area contributed by atoms with Crippen molar-refractivity contribution in [3.05, 3.63) is 51.8 Å². The Balaban J connectivity index is 2.42. The minimum absolute atomic E-state index is 0.0810. The standard InChI is InChI=1S/C11H12N4O2/c1-8-6-10(15(16)17)2-3-11(8)14-5-4-9(7-12)13-14/h2-6H,7,12H2,1H3. The lowest BCUT2D eigenvalue weighted by molar-refractivity contribution is -0.384. The van der Waals surface area contributed by atoms with Gasteiger partial charge in [0.05, 0.1) is 16.3 Å². The molecule has 2 aromatic rings. The van der Waals surface area contributed by atoms with Gasteiger partial charge in [-0.25, -0.2) is 4.68 Å². The minimum Gasteiger partial charge on any atom is -0.325 e. The summed E-state index contributed by atoms with van der Waals surface area (Å²) in [6, 6.07) is 6.49. The molecular formula is C11H12N4O2. The summed E-state index contributed by atoms with van der Waals surface area (Å²) in [4.78, 5) is 10.2. The van der Waals surface area contributed by atoms with E-state index in [0.29, 0.717) is 6.54 Å². The monoisotopic (exact) mass is 232 g/mol. The van der Waals surface area contributed by atoms with Crippen LogP contribution in [-0.2, 0) is 6.54 Å². The smallest absolute Gasteiger partial charge is 0.269 e. The van der Waals surface area contributed by atoms with E-state index in [1.54, 1.807) is 16.9 Å². The molecule has 0 radical (unpaired) electrons. The molecule has 6 nitrogen and oxygen atoms in total. The number of rotatable bonds is 3. The van der Waals surface area contributed by atoms with Crippen LogP contribution in [0.3, 0.4) is 0 Å². The van der Waals surface area contributed by atoms with Crippen LogP contribution in [0, 0.1) is 17.0 Å². The third-order valence-electron chi connectivity index (χ3n) is 2.49. The number of aryl methyl sites for hydroxylation is 1. The molecule has 88 valence electrons. The van der Waals surface area contributed by atoms with Gasteiger partial charge >= 0.3 is 0 Å². The van der Waals surface area contributed by atoms with E-state index in [4.69, 9.17) is 5.73 Å². The number of nitrogens with zero attached hydrogens (tertiary/aromatic N) is 3. The van der Waals surface area contributed by atoms with E-state index in [1.807, 2.05) is 13.0 Å². The Labute approximate surface area is 97.8 Å². The Kier molecular flexibility index (Phi) is 2.88. The van der Waals surface area contributed by atoms with Crippen LogP contribution in [0.15, 0.2) is 30.5 Å². The first-order valence-corrected chi connectivity index (χ1v) is 5.12. The average Bonchev–Trinajstić information content (AvgIpc) is 2.77. The van der Waals surface area contributed by atoms with Gasteiger partial charge in [0, 0.05) is 24.9 Å². The van der Waals surface area contributed by atoms with Gasteiger partial charge in [0.1, 0.15) is 0 Å². The maximum Gasteiger partial charge on any atom is 0.269 e. The molecule has 0 aliphatic rings. The maximum atomic E-state index is 10.6. The highest BCUT2D eigenvalue weighted by Crippen LogP contribution is 2.19. The fourth-order valence-electron chi connectivity index (χ4n) is 1.61. The summed E-state index contributed by atoms with van der Waals surface area (Å²) < 4.78 is 1.67. The van der Waals surface area contributed by atoms with Crippen LogP contribution in [0.25, 0.3) is 5.69 Å². The number of non-ortho nitro benzene ring substituents is 1.